The zero-order chi connectivity index (χ0) is 20.9. The maximum atomic E-state index is 13.7. The molecular formula is C25H24N2O2S. The van der Waals surface area contributed by atoms with Crippen LogP contribution in [0.4, 0.5) is 0 Å². The summed E-state index contributed by atoms with van der Waals surface area (Å²) in [4.78, 5) is 3.87. The average Bonchev–Trinajstić information content (AvgIpc) is 3.13. The number of aryl methyl sites for hydroxylation is 2. The number of para-hydroxylation sites is 1. The monoisotopic (exact) mass is 416 g/mol. The Hall–Kier alpha value is -2.89. The molecule has 1 aromatic heterocycles. The van der Waals surface area contributed by atoms with E-state index >= 15 is 0 Å². The largest absolute Gasteiger partial charge is 0.357 e. The minimum atomic E-state index is -3.65. The third-order valence-electron chi connectivity index (χ3n) is 6.01. The van der Waals surface area contributed by atoms with Gasteiger partial charge in [0.25, 0.3) is 0 Å². The summed E-state index contributed by atoms with van der Waals surface area (Å²) in [7, 11) is -3.65. The summed E-state index contributed by atoms with van der Waals surface area (Å²) in [6, 6.07) is 23.1. The molecule has 1 N–H and O–H groups in total. The van der Waals surface area contributed by atoms with E-state index in [4.69, 9.17) is 0 Å². The summed E-state index contributed by atoms with van der Waals surface area (Å²) in [5.41, 5.74) is 6.41. The molecule has 1 aliphatic heterocycles. The van der Waals surface area contributed by atoms with Gasteiger partial charge in [0.15, 0.2) is 0 Å². The summed E-state index contributed by atoms with van der Waals surface area (Å²) in [5.74, 6) is 0. The molecule has 152 valence electrons. The fraction of sp³-hybridized carbons (Fsp3) is 0.200. The van der Waals surface area contributed by atoms with Gasteiger partial charge in [-0.1, -0.05) is 65.7 Å². The highest BCUT2D eigenvalue weighted by Crippen LogP contribution is 2.41. The van der Waals surface area contributed by atoms with Gasteiger partial charge in [0, 0.05) is 23.1 Å². The first-order valence-electron chi connectivity index (χ1n) is 10.2. The van der Waals surface area contributed by atoms with Crippen LogP contribution in [-0.4, -0.2) is 24.3 Å². The molecule has 4 aromatic rings. The number of sulfonamides is 1. The van der Waals surface area contributed by atoms with Crippen molar-refractivity contribution in [2.45, 2.75) is 31.2 Å². The van der Waals surface area contributed by atoms with E-state index in [2.05, 4.69) is 17.1 Å². The maximum absolute atomic E-state index is 13.7. The number of fused-ring (bicyclic) bond motifs is 3. The van der Waals surface area contributed by atoms with Gasteiger partial charge in [-0.3, -0.25) is 0 Å². The van der Waals surface area contributed by atoms with Crippen LogP contribution in [0.2, 0.25) is 0 Å². The maximum Gasteiger partial charge on any atom is 0.244 e. The third-order valence-corrected chi connectivity index (χ3v) is 7.89. The van der Waals surface area contributed by atoms with Crippen LogP contribution in [0.3, 0.4) is 0 Å². The van der Waals surface area contributed by atoms with Crippen LogP contribution in [0.1, 0.15) is 34.0 Å². The van der Waals surface area contributed by atoms with Gasteiger partial charge in [-0.25, -0.2) is 8.42 Å². The second kappa shape index (κ2) is 7.11. The highest BCUT2D eigenvalue weighted by Gasteiger charge is 2.39. The molecule has 0 aliphatic carbocycles. The smallest absolute Gasteiger partial charge is 0.244 e. The number of aromatic nitrogens is 1. The fourth-order valence-electron chi connectivity index (χ4n) is 4.40. The van der Waals surface area contributed by atoms with Gasteiger partial charge in [-0.15, -0.1) is 0 Å². The SMILES string of the molecule is Cc1ccc(C2c3[nH]c4ccccc4c3CCN2S(=O)(=O)c2ccc(C)cc2)cc1. The summed E-state index contributed by atoms with van der Waals surface area (Å²) < 4.78 is 29.0. The van der Waals surface area contributed by atoms with Crippen molar-refractivity contribution in [2.24, 2.45) is 0 Å². The second-order valence-electron chi connectivity index (χ2n) is 8.05. The Bertz CT molecular complexity index is 1320. The van der Waals surface area contributed by atoms with Crippen molar-refractivity contribution in [3.8, 4) is 0 Å². The third kappa shape index (κ3) is 3.06. The van der Waals surface area contributed by atoms with Gasteiger partial charge in [0.1, 0.15) is 0 Å². The molecule has 1 unspecified atom stereocenters. The van der Waals surface area contributed by atoms with Gasteiger partial charge >= 0.3 is 0 Å². The van der Waals surface area contributed by atoms with Crippen molar-refractivity contribution in [3.05, 3.63) is 101 Å². The number of hydrogen-bond donors (Lipinski definition) is 1. The summed E-state index contributed by atoms with van der Waals surface area (Å²) in [6.45, 7) is 4.45. The van der Waals surface area contributed by atoms with Crippen molar-refractivity contribution in [1.82, 2.24) is 9.29 Å². The Morgan fingerprint density at radius 1 is 0.867 bits per heavy atom. The van der Waals surface area contributed by atoms with E-state index in [1.54, 1.807) is 16.4 Å². The summed E-state index contributed by atoms with van der Waals surface area (Å²) in [6.07, 6.45) is 0.687. The Morgan fingerprint density at radius 2 is 1.50 bits per heavy atom. The van der Waals surface area contributed by atoms with E-state index in [0.717, 1.165) is 27.9 Å². The van der Waals surface area contributed by atoms with Crippen LogP contribution >= 0.6 is 0 Å². The fourth-order valence-corrected chi connectivity index (χ4v) is 5.99. The predicted molar refractivity (Wildman–Crippen MR) is 120 cm³/mol. The molecule has 30 heavy (non-hydrogen) atoms. The molecule has 2 heterocycles. The van der Waals surface area contributed by atoms with E-state index in [-0.39, 0.29) is 6.04 Å². The quantitative estimate of drug-likeness (QED) is 0.504. The van der Waals surface area contributed by atoms with Gasteiger partial charge in [0.2, 0.25) is 10.0 Å². The van der Waals surface area contributed by atoms with Crippen molar-refractivity contribution in [1.29, 1.82) is 0 Å². The molecule has 5 heteroatoms. The average molecular weight is 417 g/mol. The van der Waals surface area contributed by atoms with Crippen molar-refractivity contribution in [3.63, 3.8) is 0 Å². The molecule has 1 aliphatic rings. The number of aromatic amines is 1. The van der Waals surface area contributed by atoms with Crippen molar-refractivity contribution < 1.29 is 8.42 Å². The first kappa shape index (κ1) is 19.1. The van der Waals surface area contributed by atoms with Crippen molar-refractivity contribution >= 4 is 20.9 Å². The Labute approximate surface area is 177 Å². The molecule has 5 rings (SSSR count). The van der Waals surface area contributed by atoms with Crippen LogP contribution in [0.5, 0.6) is 0 Å². The van der Waals surface area contributed by atoms with Crippen LogP contribution in [0.25, 0.3) is 10.9 Å². The zero-order valence-electron chi connectivity index (χ0n) is 17.1. The lowest BCUT2D eigenvalue weighted by molar-refractivity contribution is 0.340. The van der Waals surface area contributed by atoms with Gasteiger partial charge in [0.05, 0.1) is 10.9 Å². The van der Waals surface area contributed by atoms with Crippen LogP contribution in [0.15, 0.2) is 77.7 Å². The zero-order valence-corrected chi connectivity index (χ0v) is 17.9. The number of H-pyrrole nitrogens is 1. The van der Waals surface area contributed by atoms with E-state index < -0.39 is 10.0 Å². The molecule has 0 fully saturated rings. The molecule has 3 aromatic carbocycles. The first-order chi connectivity index (χ1) is 14.4. The Balaban J connectivity index is 1.70. The molecule has 1 atom stereocenters. The molecule has 0 amide bonds. The lowest BCUT2D eigenvalue weighted by atomic mass is 9.94. The Kier molecular flexibility index (Phi) is 4.53. The standard InChI is InChI=1S/C25H24N2O2S/c1-17-7-11-19(12-8-17)25-24-22(21-5-3-4-6-23(21)26-24)15-16-27(25)30(28,29)20-13-9-18(2)10-14-20/h3-14,25-26H,15-16H2,1-2H3. The molecular weight excluding hydrogens is 392 g/mol. The topological polar surface area (TPSA) is 53.2 Å². The van der Waals surface area contributed by atoms with E-state index in [1.165, 1.54) is 10.9 Å². The minimum absolute atomic E-state index is 0.338. The lowest BCUT2D eigenvalue weighted by Crippen LogP contribution is -2.40. The normalized spacial score (nSPS) is 17.2. The number of nitrogens with one attached hydrogen (secondary N) is 1. The molecule has 0 saturated heterocycles. The highest BCUT2D eigenvalue weighted by molar-refractivity contribution is 7.89. The number of hydrogen-bond acceptors (Lipinski definition) is 2. The van der Waals surface area contributed by atoms with Crippen LogP contribution in [-0.2, 0) is 16.4 Å². The van der Waals surface area contributed by atoms with Gasteiger partial charge < -0.3 is 4.98 Å². The molecule has 0 radical (unpaired) electrons. The van der Waals surface area contributed by atoms with Gasteiger partial charge in [-0.05, 0) is 49.6 Å². The first-order valence-corrected chi connectivity index (χ1v) is 11.6. The lowest BCUT2D eigenvalue weighted by Gasteiger charge is -2.35. The minimum Gasteiger partial charge on any atom is -0.357 e. The number of nitrogens with zero attached hydrogens (tertiary/aromatic N) is 1. The number of benzene rings is 3. The summed E-state index contributed by atoms with van der Waals surface area (Å²) in [5, 5.41) is 1.18. The van der Waals surface area contributed by atoms with Gasteiger partial charge in [-0.2, -0.15) is 4.31 Å². The molecule has 0 spiro atoms. The highest BCUT2D eigenvalue weighted by atomic mass is 32.2. The summed E-state index contributed by atoms with van der Waals surface area (Å²) >= 11 is 0. The van der Waals surface area contributed by atoms with E-state index in [0.29, 0.717) is 17.9 Å². The molecule has 0 bridgehead atoms. The second-order valence-corrected chi connectivity index (χ2v) is 9.95. The molecule has 0 saturated carbocycles. The predicted octanol–water partition coefficient (Wildman–Crippen LogP) is 5.12. The van der Waals surface area contributed by atoms with Crippen LogP contribution in [0, 0.1) is 13.8 Å². The molecule has 4 nitrogen and oxygen atoms in total. The van der Waals surface area contributed by atoms with E-state index in [9.17, 15) is 8.42 Å². The Morgan fingerprint density at radius 3 is 2.20 bits per heavy atom. The van der Waals surface area contributed by atoms with E-state index in [1.807, 2.05) is 62.4 Å². The van der Waals surface area contributed by atoms with Crippen LogP contribution < -0.4 is 0 Å². The number of rotatable bonds is 3. The van der Waals surface area contributed by atoms with Crippen molar-refractivity contribution in [2.75, 3.05) is 6.54 Å².